The summed E-state index contributed by atoms with van der Waals surface area (Å²) >= 11 is 0. The molecule has 0 bridgehead atoms. The van der Waals surface area contributed by atoms with Crippen LogP contribution in [-0.2, 0) is 4.79 Å². The predicted octanol–water partition coefficient (Wildman–Crippen LogP) is 1.68. The van der Waals surface area contributed by atoms with Gasteiger partial charge < -0.3 is 15.8 Å². The zero-order valence-corrected chi connectivity index (χ0v) is 12.9. The van der Waals surface area contributed by atoms with E-state index in [1.54, 1.807) is 6.20 Å². The smallest absolute Gasteiger partial charge is 0.300 e. The number of H-pyrrole nitrogens is 1. The van der Waals surface area contributed by atoms with Gasteiger partial charge in [0, 0.05) is 25.1 Å². The van der Waals surface area contributed by atoms with Crippen LogP contribution < -0.4 is 5.73 Å². The lowest BCUT2D eigenvalue weighted by Crippen LogP contribution is -2.27. The summed E-state index contributed by atoms with van der Waals surface area (Å²) < 4.78 is 2.11. The van der Waals surface area contributed by atoms with Gasteiger partial charge in [-0.3, -0.25) is 9.20 Å². The Hall–Kier alpha value is -2.48. The third kappa shape index (κ3) is 3.16. The van der Waals surface area contributed by atoms with E-state index in [4.69, 9.17) is 15.6 Å². The second kappa shape index (κ2) is 6.33. The van der Waals surface area contributed by atoms with Crippen molar-refractivity contribution in [2.45, 2.75) is 44.6 Å². The van der Waals surface area contributed by atoms with Crippen LogP contribution in [0.4, 0.5) is 0 Å². The van der Waals surface area contributed by atoms with E-state index < -0.39 is 5.97 Å². The summed E-state index contributed by atoms with van der Waals surface area (Å²) in [6, 6.07) is 2.31. The molecule has 0 amide bonds. The van der Waals surface area contributed by atoms with Crippen LogP contribution in [-0.4, -0.2) is 41.7 Å². The van der Waals surface area contributed by atoms with Crippen molar-refractivity contribution in [1.82, 2.24) is 24.6 Å². The van der Waals surface area contributed by atoms with Gasteiger partial charge in [0.05, 0.1) is 11.7 Å². The monoisotopic (exact) mass is 316 g/mol. The van der Waals surface area contributed by atoms with E-state index in [0.717, 1.165) is 48.8 Å². The first-order valence-electron chi connectivity index (χ1n) is 7.68. The maximum Gasteiger partial charge on any atom is 0.300 e. The van der Waals surface area contributed by atoms with Crippen molar-refractivity contribution < 1.29 is 9.90 Å². The summed E-state index contributed by atoms with van der Waals surface area (Å²) in [4.78, 5) is 16.5. The van der Waals surface area contributed by atoms with Gasteiger partial charge in [0.1, 0.15) is 5.82 Å². The molecule has 3 aromatic heterocycles. The third-order valence-corrected chi connectivity index (χ3v) is 4.05. The minimum atomic E-state index is -0.833. The second-order valence-corrected chi connectivity index (χ2v) is 5.86. The SMILES string of the molecule is CC(=O)O.N[C@H]1CCC[C@@H](c2nnc3cnc4[nH]ccc4n23)C1. The molecular weight excluding hydrogens is 296 g/mol. The number of carboxylic acids is 1. The molecule has 122 valence electrons. The summed E-state index contributed by atoms with van der Waals surface area (Å²) in [6.45, 7) is 1.08. The van der Waals surface area contributed by atoms with Crippen LogP contribution in [0.1, 0.15) is 44.3 Å². The summed E-state index contributed by atoms with van der Waals surface area (Å²) in [6.07, 6.45) is 8.08. The molecule has 0 aromatic carbocycles. The molecule has 0 saturated heterocycles. The van der Waals surface area contributed by atoms with Gasteiger partial charge in [0.25, 0.3) is 5.97 Å². The number of aromatic nitrogens is 5. The molecule has 0 radical (unpaired) electrons. The van der Waals surface area contributed by atoms with Crippen molar-refractivity contribution in [3.63, 3.8) is 0 Å². The highest BCUT2D eigenvalue weighted by Crippen LogP contribution is 2.32. The Balaban J connectivity index is 0.000000354. The van der Waals surface area contributed by atoms with Crippen molar-refractivity contribution >= 4 is 22.8 Å². The highest BCUT2D eigenvalue weighted by molar-refractivity contribution is 5.74. The summed E-state index contributed by atoms with van der Waals surface area (Å²) in [7, 11) is 0. The van der Waals surface area contributed by atoms with Gasteiger partial charge in [-0.2, -0.15) is 0 Å². The van der Waals surface area contributed by atoms with Crippen LogP contribution in [0.5, 0.6) is 0 Å². The van der Waals surface area contributed by atoms with Gasteiger partial charge >= 0.3 is 0 Å². The maximum absolute atomic E-state index is 9.00. The van der Waals surface area contributed by atoms with Gasteiger partial charge in [-0.25, -0.2) is 4.98 Å². The minimum absolute atomic E-state index is 0.287. The largest absolute Gasteiger partial charge is 0.481 e. The number of carbonyl (C=O) groups is 1. The zero-order valence-electron chi connectivity index (χ0n) is 12.9. The number of nitrogens with two attached hydrogens (primary N) is 1. The number of nitrogens with one attached hydrogen (secondary N) is 1. The number of rotatable bonds is 1. The predicted molar refractivity (Wildman–Crippen MR) is 85.1 cm³/mol. The van der Waals surface area contributed by atoms with Gasteiger partial charge in [-0.05, 0) is 25.3 Å². The van der Waals surface area contributed by atoms with Crippen molar-refractivity contribution in [1.29, 1.82) is 0 Å². The fraction of sp³-hybridized carbons (Fsp3) is 0.467. The van der Waals surface area contributed by atoms with Crippen LogP contribution >= 0.6 is 0 Å². The molecule has 23 heavy (non-hydrogen) atoms. The van der Waals surface area contributed by atoms with Crippen molar-refractivity contribution in [2.24, 2.45) is 5.73 Å². The number of hydrogen-bond donors (Lipinski definition) is 3. The average molecular weight is 316 g/mol. The Morgan fingerprint density at radius 1 is 1.43 bits per heavy atom. The fourth-order valence-electron chi connectivity index (χ4n) is 3.12. The van der Waals surface area contributed by atoms with Crippen LogP contribution in [0.3, 0.4) is 0 Å². The summed E-state index contributed by atoms with van der Waals surface area (Å²) in [5, 5.41) is 16.0. The molecule has 3 aromatic rings. The van der Waals surface area contributed by atoms with Crippen LogP contribution in [0.2, 0.25) is 0 Å². The number of fused-ring (bicyclic) bond motifs is 3. The van der Waals surface area contributed by atoms with Gasteiger partial charge in [0.2, 0.25) is 0 Å². The number of nitrogens with zero attached hydrogens (tertiary/aromatic N) is 4. The maximum atomic E-state index is 9.00. The first-order chi connectivity index (χ1) is 11.1. The molecule has 0 spiro atoms. The van der Waals surface area contributed by atoms with Crippen molar-refractivity contribution in [3.05, 3.63) is 24.3 Å². The molecular formula is C15H20N6O2. The van der Waals surface area contributed by atoms with E-state index in [2.05, 4.69) is 24.6 Å². The minimum Gasteiger partial charge on any atom is -0.481 e. The molecule has 1 aliphatic carbocycles. The van der Waals surface area contributed by atoms with E-state index in [-0.39, 0.29) is 6.04 Å². The van der Waals surface area contributed by atoms with Crippen LogP contribution in [0.15, 0.2) is 18.5 Å². The highest BCUT2D eigenvalue weighted by Gasteiger charge is 2.25. The van der Waals surface area contributed by atoms with Crippen LogP contribution in [0.25, 0.3) is 16.8 Å². The molecule has 8 nitrogen and oxygen atoms in total. The topological polar surface area (TPSA) is 122 Å². The lowest BCUT2D eigenvalue weighted by Gasteiger charge is -2.25. The first kappa shape index (κ1) is 15.4. The van der Waals surface area contributed by atoms with E-state index in [1.165, 1.54) is 6.42 Å². The highest BCUT2D eigenvalue weighted by atomic mass is 16.4. The zero-order chi connectivity index (χ0) is 16.4. The molecule has 2 atom stereocenters. The second-order valence-electron chi connectivity index (χ2n) is 5.86. The number of hydrogen-bond acceptors (Lipinski definition) is 5. The third-order valence-electron chi connectivity index (χ3n) is 4.05. The average Bonchev–Trinajstić information content (AvgIpc) is 3.12. The van der Waals surface area contributed by atoms with E-state index in [1.807, 2.05) is 12.3 Å². The molecule has 0 aliphatic heterocycles. The Kier molecular flexibility index (Phi) is 4.24. The Bertz CT molecular complexity index is 820. The first-order valence-corrected chi connectivity index (χ1v) is 7.68. The van der Waals surface area contributed by atoms with Gasteiger partial charge in [-0.1, -0.05) is 6.42 Å². The van der Waals surface area contributed by atoms with Crippen LogP contribution in [0, 0.1) is 0 Å². The number of carboxylic acid groups (broad SMARTS) is 1. The van der Waals surface area contributed by atoms with E-state index >= 15 is 0 Å². The lowest BCUT2D eigenvalue weighted by atomic mass is 9.85. The molecule has 1 saturated carbocycles. The molecule has 3 heterocycles. The normalized spacial score (nSPS) is 21.1. The Labute approximate surface area is 132 Å². The molecule has 1 fully saturated rings. The van der Waals surface area contributed by atoms with Gasteiger partial charge in [-0.15, -0.1) is 10.2 Å². The quantitative estimate of drug-likeness (QED) is 0.628. The Morgan fingerprint density at radius 3 is 2.96 bits per heavy atom. The van der Waals surface area contributed by atoms with Gasteiger partial charge in [0.15, 0.2) is 11.3 Å². The van der Waals surface area contributed by atoms with Crippen molar-refractivity contribution in [2.75, 3.05) is 0 Å². The molecule has 0 unspecified atom stereocenters. The Morgan fingerprint density at radius 2 is 2.22 bits per heavy atom. The fourth-order valence-corrected chi connectivity index (χ4v) is 3.12. The number of aromatic amines is 1. The summed E-state index contributed by atoms with van der Waals surface area (Å²) in [5.74, 6) is 0.594. The molecule has 4 rings (SSSR count). The standard InChI is InChI=1S/C13H16N6.C2H4O2/c14-9-3-1-2-8(6-9)13-18-17-11-7-16-12-10(19(11)13)4-5-15-12;1-2(3)4/h4-5,7-9,15H,1-3,6,14H2;1H3,(H,3,4)/t8-,9+;/m1./s1. The molecule has 8 heteroatoms. The summed E-state index contributed by atoms with van der Waals surface area (Å²) in [5.41, 5.74) is 8.81. The number of aliphatic carboxylic acids is 1. The van der Waals surface area contributed by atoms with E-state index in [9.17, 15) is 0 Å². The lowest BCUT2D eigenvalue weighted by molar-refractivity contribution is -0.134. The molecule has 1 aliphatic rings. The molecule has 4 N–H and O–H groups in total. The van der Waals surface area contributed by atoms with E-state index in [0.29, 0.717) is 5.92 Å². The van der Waals surface area contributed by atoms with Crippen molar-refractivity contribution in [3.8, 4) is 0 Å².